The molecule has 0 unspecified atom stereocenters. The fourth-order valence-corrected chi connectivity index (χ4v) is 4.41. The fraction of sp³-hybridized carbons (Fsp3) is 0.273. The molecule has 0 radical (unpaired) electrons. The molecule has 2 heterocycles. The van der Waals surface area contributed by atoms with Gasteiger partial charge in [0.2, 0.25) is 0 Å². The Hall–Kier alpha value is -2.14. The lowest BCUT2D eigenvalue weighted by atomic mass is 10.0. The topological polar surface area (TPSA) is 27.3 Å². The summed E-state index contributed by atoms with van der Waals surface area (Å²) in [5.41, 5.74) is 3.84. The number of nitrogens with zero attached hydrogens (tertiary/aromatic N) is 1. The highest BCUT2D eigenvalue weighted by molar-refractivity contribution is 7.10. The third-order valence-electron chi connectivity index (χ3n) is 4.90. The first kappa shape index (κ1) is 17.3. The lowest BCUT2D eigenvalue weighted by molar-refractivity contribution is 0.200. The second kappa shape index (κ2) is 8.49. The molecular formula is C22H25N3S. The van der Waals surface area contributed by atoms with Crippen molar-refractivity contribution in [3.63, 3.8) is 0 Å². The first-order valence-electron chi connectivity index (χ1n) is 9.26. The first-order valence-corrected chi connectivity index (χ1v) is 10.1. The number of thiophene rings is 1. The molecule has 0 aliphatic carbocycles. The molecule has 3 nitrogen and oxygen atoms in total. The van der Waals surface area contributed by atoms with Gasteiger partial charge in [-0.15, -0.1) is 11.3 Å². The number of piperazine rings is 1. The van der Waals surface area contributed by atoms with Crippen LogP contribution in [0.25, 0.3) is 0 Å². The Labute approximate surface area is 159 Å². The van der Waals surface area contributed by atoms with Gasteiger partial charge >= 0.3 is 0 Å². The average molecular weight is 364 g/mol. The summed E-state index contributed by atoms with van der Waals surface area (Å²) in [6.07, 6.45) is 0. The van der Waals surface area contributed by atoms with Crippen LogP contribution >= 0.6 is 11.3 Å². The summed E-state index contributed by atoms with van der Waals surface area (Å²) in [7, 11) is 0. The maximum absolute atomic E-state index is 3.52. The van der Waals surface area contributed by atoms with Crippen molar-refractivity contribution in [2.24, 2.45) is 0 Å². The highest BCUT2D eigenvalue weighted by atomic mass is 32.1. The van der Waals surface area contributed by atoms with E-state index >= 15 is 0 Å². The van der Waals surface area contributed by atoms with Gasteiger partial charge in [0.1, 0.15) is 0 Å². The summed E-state index contributed by atoms with van der Waals surface area (Å²) in [5.74, 6) is 0. The molecule has 0 spiro atoms. The highest BCUT2D eigenvalue weighted by Gasteiger charge is 2.24. The van der Waals surface area contributed by atoms with E-state index in [0.717, 1.165) is 32.7 Å². The summed E-state index contributed by atoms with van der Waals surface area (Å²) in [5, 5.41) is 9.16. The predicted octanol–water partition coefficient (Wildman–Crippen LogP) is 4.35. The van der Waals surface area contributed by atoms with E-state index in [2.05, 4.69) is 87.6 Å². The van der Waals surface area contributed by atoms with Crippen molar-refractivity contribution in [1.82, 2.24) is 10.2 Å². The van der Waals surface area contributed by atoms with Gasteiger partial charge in [0, 0.05) is 43.3 Å². The Kier molecular flexibility index (Phi) is 5.65. The quantitative estimate of drug-likeness (QED) is 0.682. The number of nitrogens with one attached hydrogen (secondary N) is 2. The molecule has 0 saturated carbocycles. The molecule has 3 aromatic rings. The second-order valence-electron chi connectivity index (χ2n) is 6.67. The molecule has 2 aromatic carbocycles. The molecular weight excluding hydrogens is 338 g/mol. The zero-order valence-corrected chi connectivity index (χ0v) is 15.7. The molecule has 2 N–H and O–H groups in total. The minimum absolute atomic E-state index is 0.361. The van der Waals surface area contributed by atoms with Crippen molar-refractivity contribution in [1.29, 1.82) is 0 Å². The zero-order chi connectivity index (χ0) is 17.6. The molecule has 0 bridgehead atoms. The zero-order valence-electron chi connectivity index (χ0n) is 14.9. The molecule has 26 heavy (non-hydrogen) atoms. The number of benzene rings is 2. The van der Waals surface area contributed by atoms with Crippen LogP contribution in [0.15, 0.2) is 72.1 Å². The van der Waals surface area contributed by atoms with E-state index in [1.807, 2.05) is 11.3 Å². The van der Waals surface area contributed by atoms with Crippen molar-refractivity contribution in [2.45, 2.75) is 12.6 Å². The van der Waals surface area contributed by atoms with Crippen LogP contribution in [0, 0.1) is 0 Å². The Bertz CT molecular complexity index is 778. The van der Waals surface area contributed by atoms with Gasteiger partial charge in [-0.3, -0.25) is 4.90 Å². The largest absolute Gasteiger partial charge is 0.381 e. The van der Waals surface area contributed by atoms with Crippen LogP contribution in [0.1, 0.15) is 22.0 Å². The Morgan fingerprint density at radius 3 is 2.38 bits per heavy atom. The van der Waals surface area contributed by atoms with Gasteiger partial charge in [-0.05, 0) is 34.7 Å². The normalized spacial score (nSPS) is 16.3. The number of hydrogen-bond donors (Lipinski definition) is 2. The Morgan fingerprint density at radius 2 is 1.69 bits per heavy atom. The van der Waals surface area contributed by atoms with Crippen molar-refractivity contribution in [3.05, 3.63) is 88.1 Å². The van der Waals surface area contributed by atoms with Gasteiger partial charge < -0.3 is 10.6 Å². The van der Waals surface area contributed by atoms with E-state index in [-0.39, 0.29) is 0 Å². The van der Waals surface area contributed by atoms with Crippen LogP contribution in [0.2, 0.25) is 0 Å². The molecule has 4 heteroatoms. The van der Waals surface area contributed by atoms with E-state index in [1.54, 1.807) is 0 Å². The summed E-state index contributed by atoms with van der Waals surface area (Å²) in [4.78, 5) is 4.02. The molecule has 1 fully saturated rings. The van der Waals surface area contributed by atoms with Gasteiger partial charge in [-0.25, -0.2) is 0 Å². The first-order chi connectivity index (χ1) is 12.9. The minimum Gasteiger partial charge on any atom is -0.381 e. The van der Waals surface area contributed by atoms with Crippen LogP contribution in [-0.2, 0) is 6.54 Å². The van der Waals surface area contributed by atoms with Gasteiger partial charge in [0.25, 0.3) is 0 Å². The van der Waals surface area contributed by atoms with E-state index in [4.69, 9.17) is 0 Å². The molecule has 134 valence electrons. The van der Waals surface area contributed by atoms with Crippen molar-refractivity contribution < 1.29 is 0 Å². The smallest absolute Gasteiger partial charge is 0.0696 e. The highest BCUT2D eigenvalue weighted by Crippen LogP contribution is 2.32. The molecule has 1 aromatic heterocycles. The van der Waals surface area contributed by atoms with E-state index in [9.17, 15) is 0 Å². The number of hydrogen-bond acceptors (Lipinski definition) is 4. The van der Waals surface area contributed by atoms with E-state index < -0.39 is 0 Å². The fourth-order valence-electron chi connectivity index (χ4n) is 3.53. The van der Waals surface area contributed by atoms with Gasteiger partial charge in [0.05, 0.1) is 6.04 Å². The van der Waals surface area contributed by atoms with Gasteiger partial charge in [0.15, 0.2) is 0 Å². The average Bonchev–Trinajstić information content (AvgIpc) is 3.23. The maximum atomic E-state index is 3.52. The molecule has 1 aliphatic rings. The maximum Gasteiger partial charge on any atom is 0.0696 e. The second-order valence-corrected chi connectivity index (χ2v) is 7.64. The van der Waals surface area contributed by atoms with E-state index in [0.29, 0.717) is 6.04 Å². The van der Waals surface area contributed by atoms with Crippen LogP contribution in [0.3, 0.4) is 0 Å². The lowest BCUT2D eigenvalue weighted by Crippen LogP contribution is -2.45. The van der Waals surface area contributed by atoms with Crippen molar-refractivity contribution >= 4 is 17.0 Å². The molecule has 4 rings (SSSR count). The van der Waals surface area contributed by atoms with Crippen LogP contribution < -0.4 is 10.6 Å². The summed E-state index contributed by atoms with van der Waals surface area (Å²) >= 11 is 1.85. The van der Waals surface area contributed by atoms with E-state index in [1.165, 1.54) is 21.7 Å². The third kappa shape index (κ3) is 4.15. The summed E-state index contributed by atoms with van der Waals surface area (Å²) < 4.78 is 0. The summed E-state index contributed by atoms with van der Waals surface area (Å²) in [6, 6.07) is 24.3. The predicted molar refractivity (Wildman–Crippen MR) is 111 cm³/mol. The standard InChI is InChI=1S/C22H25N3S/c1-2-5-18(6-3-1)17-24-20-10-8-19(9-11-20)22(21-7-4-16-26-21)25-14-12-23-13-15-25/h1-11,16,22-24H,12-15,17H2/t22-/m1/s1. The van der Waals surface area contributed by atoms with Crippen LogP contribution in [0.5, 0.6) is 0 Å². The third-order valence-corrected chi connectivity index (χ3v) is 5.82. The number of rotatable bonds is 6. The minimum atomic E-state index is 0.361. The Balaban J connectivity index is 1.49. The van der Waals surface area contributed by atoms with Crippen LogP contribution in [-0.4, -0.2) is 31.1 Å². The molecule has 1 aliphatic heterocycles. The van der Waals surface area contributed by atoms with Crippen LogP contribution in [0.4, 0.5) is 5.69 Å². The SMILES string of the molecule is c1ccc(CNc2ccc([C@H](c3cccs3)N3CCNCC3)cc2)cc1. The van der Waals surface area contributed by atoms with Gasteiger partial charge in [-0.2, -0.15) is 0 Å². The number of anilines is 1. The lowest BCUT2D eigenvalue weighted by Gasteiger charge is -2.34. The van der Waals surface area contributed by atoms with Gasteiger partial charge in [-0.1, -0.05) is 48.5 Å². The molecule has 0 amide bonds. The summed E-state index contributed by atoms with van der Waals surface area (Å²) in [6.45, 7) is 5.18. The molecule has 1 saturated heterocycles. The Morgan fingerprint density at radius 1 is 0.923 bits per heavy atom. The van der Waals surface area contributed by atoms with Crippen molar-refractivity contribution in [2.75, 3.05) is 31.5 Å². The van der Waals surface area contributed by atoms with Crippen molar-refractivity contribution in [3.8, 4) is 0 Å². The molecule has 1 atom stereocenters. The monoisotopic (exact) mass is 363 g/mol.